The second-order valence-electron chi connectivity index (χ2n) is 4.11. The molecule has 6 heteroatoms. The van der Waals surface area contributed by atoms with E-state index in [1.165, 1.54) is 0 Å². The van der Waals surface area contributed by atoms with E-state index in [-0.39, 0.29) is 12.2 Å². The first-order valence-electron chi connectivity index (χ1n) is 5.54. The van der Waals surface area contributed by atoms with E-state index in [9.17, 15) is 0 Å². The number of hydrogen-bond donors (Lipinski definition) is 0. The molecular formula is C11H17ClN2O2S. The molecule has 0 bridgehead atoms. The quantitative estimate of drug-likeness (QED) is 0.767. The van der Waals surface area contributed by atoms with E-state index in [1.807, 2.05) is 5.38 Å². The van der Waals surface area contributed by atoms with E-state index in [4.69, 9.17) is 21.1 Å². The van der Waals surface area contributed by atoms with Crippen molar-refractivity contribution < 1.29 is 9.47 Å². The first-order valence-corrected chi connectivity index (χ1v) is 6.95. The Labute approximate surface area is 110 Å². The lowest BCUT2D eigenvalue weighted by atomic mass is 10.3. The Hall–Kier alpha value is -0.200. The van der Waals surface area contributed by atoms with Crippen molar-refractivity contribution in [3.8, 4) is 0 Å². The van der Waals surface area contributed by atoms with Crippen molar-refractivity contribution in [2.45, 2.75) is 24.6 Å². The SMILES string of the molecule is COC1CN(Cc2nc(CCl)cs2)CC1OC. The Morgan fingerprint density at radius 2 is 2.06 bits per heavy atom. The zero-order chi connectivity index (χ0) is 12.3. The molecule has 96 valence electrons. The third kappa shape index (κ3) is 3.17. The average molecular weight is 277 g/mol. The molecule has 17 heavy (non-hydrogen) atoms. The number of aromatic nitrogens is 1. The van der Waals surface area contributed by atoms with Crippen LogP contribution in [0.2, 0.25) is 0 Å². The summed E-state index contributed by atoms with van der Waals surface area (Å²) in [6.07, 6.45) is 0.319. The highest BCUT2D eigenvalue weighted by Crippen LogP contribution is 2.20. The zero-order valence-electron chi connectivity index (χ0n) is 10.1. The maximum absolute atomic E-state index is 5.74. The smallest absolute Gasteiger partial charge is 0.107 e. The van der Waals surface area contributed by atoms with Crippen LogP contribution in [0, 0.1) is 0 Å². The highest BCUT2D eigenvalue weighted by Gasteiger charge is 2.33. The van der Waals surface area contributed by atoms with Crippen LogP contribution in [0.15, 0.2) is 5.38 Å². The van der Waals surface area contributed by atoms with Gasteiger partial charge in [0, 0.05) is 32.7 Å². The van der Waals surface area contributed by atoms with Gasteiger partial charge in [0.05, 0.1) is 30.3 Å². The summed E-state index contributed by atoms with van der Waals surface area (Å²) in [6, 6.07) is 0. The first kappa shape index (κ1) is 13.2. The maximum Gasteiger partial charge on any atom is 0.107 e. The summed E-state index contributed by atoms with van der Waals surface area (Å²) in [5.74, 6) is 0.484. The van der Waals surface area contributed by atoms with Crippen molar-refractivity contribution in [1.82, 2.24) is 9.88 Å². The molecule has 0 aromatic carbocycles. The van der Waals surface area contributed by atoms with Crippen molar-refractivity contribution in [2.24, 2.45) is 0 Å². The number of nitrogens with zero attached hydrogens (tertiary/aromatic N) is 2. The lowest BCUT2D eigenvalue weighted by molar-refractivity contribution is -0.00461. The number of methoxy groups -OCH3 is 2. The molecule has 1 aromatic heterocycles. The Balaban J connectivity index is 1.92. The Kier molecular flexibility index (Phi) is 4.76. The van der Waals surface area contributed by atoms with Gasteiger partial charge in [-0.2, -0.15) is 0 Å². The fourth-order valence-corrected chi connectivity index (χ4v) is 3.14. The lowest BCUT2D eigenvalue weighted by Gasteiger charge is -2.13. The van der Waals surface area contributed by atoms with Crippen LogP contribution in [0.1, 0.15) is 10.7 Å². The number of rotatable bonds is 5. The lowest BCUT2D eigenvalue weighted by Crippen LogP contribution is -2.27. The molecule has 0 amide bonds. The van der Waals surface area contributed by atoms with Crippen molar-refractivity contribution in [3.05, 3.63) is 16.1 Å². The summed E-state index contributed by atoms with van der Waals surface area (Å²) in [5, 5.41) is 3.12. The summed E-state index contributed by atoms with van der Waals surface area (Å²) in [6.45, 7) is 2.64. The molecule has 0 radical (unpaired) electrons. The summed E-state index contributed by atoms with van der Waals surface area (Å²) in [7, 11) is 3.46. The van der Waals surface area contributed by atoms with Gasteiger partial charge >= 0.3 is 0 Å². The summed E-state index contributed by atoms with van der Waals surface area (Å²) >= 11 is 7.40. The highest BCUT2D eigenvalue weighted by atomic mass is 35.5. The molecule has 1 saturated heterocycles. The first-order chi connectivity index (χ1) is 8.26. The molecule has 0 N–H and O–H groups in total. The maximum atomic E-state index is 5.74. The van der Waals surface area contributed by atoms with Gasteiger partial charge in [-0.1, -0.05) is 0 Å². The van der Waals surface area contributed by atoms with Gasteiger partial charge in [0.2, 0.25) is 0 Å². The third-order valence-electron chi connectivity index (χ3n) is 2.99. The van der Waals surface area contributed by atoms with Gasteiger partial charge in [0.25, 0.3) is 0 Å². The van der Waals surface area contributed by atoms with Crippen LogP contribution in [0.3, 0.4) is 0 Å². The summed E-state index contributed by atoms with van der Waals surface area (Å²) in [4.78, 5) is 6.76. The van der Waals surface area contributed by atoms with Crippen molar-refractivity contribution in [1.29, 1.82) is 0 Å². The fraction of sp³-hybridized carbons (Fsp3) is 0.727. The molecule has 1 aliphatic heterocycles. The van der Waals surface area contributed by atoms with Gasteiger partial charge in [-0.3, -0.25) is 4.90 Å². The van der Waals surface area contributed by atoms with Gasteiger partial charge in [0.1, 0.15) is 5.01 Å². The van der Waals surface area contributed by atoms with E-state index in [0.29, 0.717) is 5.88 Å². The molecule has 2 atom stereocenters. The van der Waals surface area contributed by atoms with Crippen molar-refractivity contribution in [2.75, 3.05) is 27.3 Å². The number of hydrogen-bond acceptors (Lipinski definition) is 5. The van der Waals surface area contributed by atoms with E-state index in [2.05, 4.69) is 9.88 Å². The van der Waals surface area contributed by atoms with Crippen LogP contribution in [-0.2, 0) is 21.9 Å². The predicted octanol–water partition coefficient (Wildman–Crippen LogP) is 1.73. The number of halogens is 1. The largest absolute Gasteiger partial charge is 0.377 e. The second-order valence-corrected chi connectivity index (χ2v) is 5.32. The highest BCUT2D eigenvalue weighted by molar-refractivity contribution is 7.09. The molecule has 1 aliphatic rings. The molecule has 4 nitrogen and oxygen atoms in total. The zero-order valence-corrected chi connectivity index (χ0v) is 11.6. The molecule has 2 unspecified atom stereocenters. The Morgan fingerprint density at radius 1 is 1.41 bits per heavy atom. The van der Waals surface area contributed by atoms with Crippen LogP contribution in [0.4, 0.5) is 0 Å². The van der Waals surface area contributed by atoms with Crippen molar-refractivity contribution in [3.63, 3.8) is 0 Å². The Morgan fingerprint density at radius 3 is 2.53 bits per heavy atom. The number of alkyl halides is 1. The normalized spacial score (nSPS) is 25.6. The van der Waals surface area contributed by atoms with Crippen LogP contribution >= 0.6 is 22.9 Å². The number of ether oxygens (including phenoxy) is 2. The monoisotopic (exact) mass is 276 g/mol. The standard InChI is InChI=1S/C11H17ClN2O2S/c1-15-9-4-14(5-10(9)16-2)6-11-13-8(3-12)7-17-11/h7,9-10H,3-6H2,1-2H3. The topological polar surface area (TPSA) is 34.6 Å². The third-order valence-corrected chi connectivity index (χ3v) is 4.15. The number of thiazole rings is 1. The van der Waals surface area contributed by atoms with Crippen LogP contribution in [0.25, 0.3) is 0 Å². The van der Waals surface area contributed by atoms with Gasteiger partial charge < -0.3 is 9.47 Å². The van der Waals surface area contributed by atoms with E-state index < -0.39 is 0 Å². The van der Waals surface area contributed by atoms with E-state index in [1.54, 1.807) is 25.6 Å². The Bertz CT molecular complexity index is 349. The van der Waals surface area contributed by atoms with Crippen molar-refractivity contribution >= 4 is 22.9 Å². The van der Waals surface area contributed by atoms with Gasteiger partial charge in [-0.15, -0.1) is 22.9 Å². The minimum absolute atomic E-state index is 0.160. The number of likely N-dealkylation sites (tertiary alicyclic amines) is 1. The van der Waals surface area contributed by atoms with E-state index >= 15 is 0 Å². The fourth-order valence-electron chi connectivity index (χ4n) is 2.07. The minimum Gasteiger partial charge on any atom is -0.377 e. The van der Waals surface area contributed by atoms with E-state index in [0.717, 1.165) is 30.3 Å². The predicted molar refractivity (Wildman–Crippen MR) is 68.5 cm³/mol. The average Bonchev–Trinajstić information content (AvgIpc) is 2.95. The second kappa shape index (κ2) is 6.11. The van der Waals surface area contributed by atoms with Crippen LogP contribution < -0.4 is 0 Å². The van der Waals surface area contributed by atoms with Gasteiger partial charge in [-0.25, -0.2) is 4.98 Å². The van der Waals surface area contributed by atoms with Crippen LogP contribution in [-0.4, -0.2) is 49.4 Å². The molecule has 2 heterocycles. The molecule has 0 spiro atoms. The molecule has 0 saturated carbocycles. The van der Waals surface area contributed by atoms with Crippen LogP contribution in [0.5, 0.6) is 0 Å². The minimum atomic E-state index is 0.160. The van der Waals surface area contributed by atoms with Gasteiger partial charge in [-0.05, 0) is 0 Å². The molecule has 1 fully saturated rings. The van der Waals surface area contributed by atoms with Gasteiger partial charge in [0.15, 0.2) is 0 Å². The molecule has 0 aliphatic carbocycles. The molecule has 2 rings (SSSR count). The summed E-state index contributed by atoms with van der Waals surface area (Å²) < 4.78 is 10.8. The summed E-state index contributed by atoms with van der Waals surface area (Å²) in [5.41, 5.74) is 0.956. The molecular weight excluding hydrogens is 260 g/mol. The molecule has 1 aromatic rings.